The van der Waals surface area contributed by atoms with Crippen LogP contribution in [0.3, 0.4) is 0 Å². The molecule has 0 rings (SSSR count). The van der Waals surface area contributed by atoms with Crippen LogP contribution >= 0.6 is 8.73 Å². The molecule has 0 aromatic heterocycles. The topological polar surface area (TPSA) is 0 Å². The Bertz CT molecular complexity index is 393. The van der Waals surface area contributed by atoms with Crippen molar-refractivity contribution < 1.29 is 59.1 Å². The molecule has 25 heavy (non-hydrogen) atoms. The van der Waals surface area contributed by atoms with E-state index in [1.807, 2.05) is 0 Å². The van der Waals surface area contributed by atoms with Crippen molar-refractivity contribution in [1.82, 2.24) is 0 Å². The molecule has 0 aliphatic carbocycles. The average Bonchev–Trinajstić information content (AvgIpc) is 2.47. The van der Waals surface area contributed by atoms with Crippen LogP contribution in [0.25, 0.3) is 0 Å². The SMILES string of the molecule is [10B-][10BH][10B]([10BH2])S(=[10B][10B]([10BH2])[10BH2])(=[10B][10B]([10BH2])[10BH2])CCCCCCCCCC.[Na+].[Na+]. The van der Waals surface area contributed by atoms with Crippen LogP contribution in [0.5, 0.6) is 0 Å². The maximum absolute atomic E-state index is 6.09. The van der Waals surface area contributed by atoms with Gasteiger partial charge in [-0.05, 0) is 0 Å². The Morgan fingerprint density at radius 1 is 0.800 bits per heavy atom. The smallest absolute Gasteiger partial charge is 1.00 e. The molecule has 115 valence electrons. The van der Waals surface area contributed by atoms with Crippen molar-refractivity contribution in [1.29, 1.82) is 0 Å². The van der Waals surface area contributed by atoms with Crippen molar-refractivity contribution in [3.05, 3.63) is 0 Å². The van der Waals surface area contributed by atoms with E-state index in [-0.39, 0.29) is 59.1 Å². The first-order valence-electron chi connectivity index (χ1n) is 10.1. The first-order chi connectivity index (χ1) is 10.9. The summed E-state index contributed by atoms with van der Waals surface area (Å²) >= 11 is 0. The Hall–Kier alpha value is 3.13. The molecule has 0 aromatic carbocycles. The minimum absolute atomic E-state index is 0. The maximum Gasteiger partial charge on any atom is 1.00 e. The van der Waals surface area contributed by atoms with Gasteiger partial charge in [-0.2, -0.15) is 0 Å². The summed E-state index contributed by atoms with van der Waals surface area (Å²) < 4.78 is 0. The Balaban J connectivity index is -0.00000242. The number of hydrogen-bond acceptors (Lipinski definition) is 0. The largest absolute Gasteiger partial charge is 1.00 e. The predicted molar refractivity (Wildman–Crippen MR) is 139 cm³/mol. The van der Waals surface area contributed by atoms with Crippen molar-refractivity contribution in [3.63, 3.8) is 0 Å². The van der Waals surface area contributed by atoms with Crippen LogP contribution < -0.4 is 59.1 Å². The van der Waals surface area contributed by atoms with Crippen molar-refractivity contribution in [2.24, 2.45) is 0 Å². The van der Waals surface area contributed by atoms with E-state index in [0.29, 0.717) is 18.5 Å². The van der Waals surface area contributed by atoms with Crippen LogP contribution in [0.4, 0.5) is 0 Å². The molecule has 0 bridgehead atoms. The molecule has 0 amide bonds. The van der Waals surface area contributed by atoms with Gasteiger partial charge in [0.05, 0.1) is 0 Å². The number of hydrogen-bond donors (Lipinski definition) is 0. The minimum atomic E-state index is -0.800. The van der Waals surface area contributed by atoms with Crippen LogP contribution in [0, 0.1) is 0 Å². The molecule has 0 saturated carbocycles. The van der Waals surface area contributed by atoms with Crippen LogP contribution in [0.2, 0.25) is 0 Å². The van der Waals surface area contributed by atoms with Gasteiger partial charge in [0.1, 0.15) is 0 Å². The summed E-state index contributed by atoms with van der Waals surface area (Å²) in [5.41, 5.74) is 0. The second-order valence-corrected chi connectivity index (χ2v) is 11.5. The molecule has 0 heterocycles. The monoisotopic (exact) mass is 350 g/mol. The van der Waals surface area contributed by atoms with Crippen LogP contribution in [-0.4, -0.2) is 89.9 Å². The van der Waals surface area contributed by atoms with Gasteiger partial charge in [-0.25, -0.2) is 0 Å². The van der Waals surface area contributed by atoms with E-state index in [2.05, 4.69) is 57.7 Å². The van der Waals surface area contributed by atoms with Gasteiger partial charge < -0.3 is 0 Å². The van der Waals surface area contributed by atoms with Gasteiger partial charge in [-0.3, -0.25) is 0 Å². The molecular formula is C10H32B12Na2S+. The van der Waals surface area contributed by atoms with E-state index < -0.39 is 8.73 Å². The molecule has 0 aliphatic rings. The van der Waals surface area contributed by atoms with Gasteiger partial charge in [0.25, 0.3) is 0 Å². The zero-order valence-corrected chi connectivity index (χ0v) is 23.8. The Kier molecular flexibility index (Phi) is 26.8. The van der Waals surface area contributed by atoms with Crippen molar-refractivity contribution >= 4 is 92.9 Å². The molecule has 0 unspecified atom stereocenters. The van der Waals surface area contributed by atoms with Gasteiger partial charge >= 0.3 is 216 Å². The second-order valence-electron chi connectivity index (χ2n) is 7.89. The summed E-state index contributed by atoms with van der Waals surface area (Å²) in [6.45, 7) is 2.29. The molecule has 0 atom stereocenters. The Labute approximate surface area is 213 Å². The first-order valence-corrected chi connectivity index (χ1v) is 12.1. The fourth-order valence-electron chi connectivity index (χ4n) is 3.33. The Morgan fingerprint density at radius 3 is 1.56 bits per heavy atom. The fraction of sp³-hybridized carbons (Fsp3) is 1.00. The summed E-state index contributed by atoms with van der Waals surface area (Å²) in [6.07, 6.45) is 12.5. The fourth-order valence-corrected chi connectivity index (χ4v) is 7.72. The molecule has 0 aliphatic heterocycles. The summed E-state index contributed by atoms with van der Waals surface area (Å²) in [7, 11) is 17.8. The summed E-state index contributed by atoms with van der Waals surface area (Å²) in [5, 5.41) is 0. The van der Waals surface area contributed by atoms with E-state index in [1.54, 1.807) is 0 Å². The summed E-state index contributed by atoms with van der Waals surface area (Å²) in [5.74, 6) is 1.98. The quantitative estimate of drug-likeness (QED) is 0.229. The zero-order valence-electron chi connectivity index (χ0n) is 18.9. The van der Waals surface area contributed by atoms with E-state index in [0.717, 1.165) is 7.06 Å². The molecule has 0 N–H and O–H groups in total. The molecule has 15 heteroatoms. The van der Waals surface area contributed by atoms with Gasteiger partial charge in [-0.15, -0.1) is 0 Å². The molecular weight excluding hydrogens is 318 g/mol. The molecule has 3 radical (unpaired) electrons. The molecule has 0 spiro atoms. The molecule has 0 nitrogen and oxygen atoms in total. The van der Waals surface area contributed by atoms with Gasteiger partial charge in [-0.1, -0.05) is 0 Å². The predicted octanol–water partition coefficient (Wildman–Crippen LogP) is -9.18. The standard InChI is InChI=1S/C10H32B12S.2Na/c1-2-3-4-5-6-7-8-9-10-23(18-20(12)13,19-21(14)15)22(16)17-11;;/h17H,2-10,12-16H2,1H3;;/q-1;2*+1/i11-1,12-1,13-1,14-1,15-1,16-1,17-1,18-1,19-1,20-1,21-1,22-1;;. The van der Waals surface area contributed by atoms with Crippen LogP contribution in [0.1, 0.15) is 58.3 Å². The summed E-state index contributed by atoms with van der Waals surface area (Å²) in [6, 6.07) is 5.32. The molecule has 0 fully saturated rings. The van der Waals surface area contributed by atoms with E-state index in [4.69, 9.17) is 7.74 Å². The van der Waals surface area contributed by atoms with E-state index in [1.165, 1.54) is 57.1 Å². The third-order valence-corrected chi connectivity index (χ3v) is 9.27. The Morgan fingerprint density at radius 2 is 1.20 bits per heavy atom. The first kappa shape index (κ1) is 32.8. The van der Waals surface area contributed by atoms with E-state index in [9.17, 15) is 0 Å². The number of rotatable bonds is 13. The van der Waals surface area contributed by atoms with Crippen molar-refractivity contribution in [2.75, 3.05) is 5.75 Å². The van der Waals surface area contributed by atoms with Gasteiger partial charge in [0.15, 0.2) is 0 Å². The van der Waals surface area contributed by atoms with Crippen molar-refractivity contribution in [2.45, 2.75) is 58.3 Å². The molecule has 0 aromatic rings. The normalized spacial score (nSPS) is 9.68. The minimum Gasteiger partial charge on any atom is 1.00 e. The zero-order chi connectivity index (χ0) is 17.7. The molecule has 0 saturated heterocycles. The van der Waals surface area contributed by atoms with Gasteiger partial charge in [0.2, 0.25) is 0 Å². The van der Waals surface area contributed by atoms with Gasteiger partial charge in [0, 0.05) is 0 Å². The van der Waals surface area contributed by atoms with Crippen molar-refractivity contribution in [3.8, 4) is 0 Å². The average molecular weight is 351 g/mol. The van der Waals surface area contributed by atoms with Crippen LogP contribution in [-0.2, 0) is 0 Å². The maximum atomic E-state index is 6.09. The third-order valence-electron chi connectivity index (χ3n) is 4.48. The van der Waals surface area contributed by atoms with Crippen LogP contribution in [0.15, 0.2) is 0 Å². The third kappa shape index (κ3) is 16.6. The second kappa shape index (κ2) is 20.4. The number of unbranched alkanes of at least 4 members (excludes halogenated alkanes) is 7. The van der Waals surface area contributed by atoms with E-state index >= 15 is 0 Å². The summed E-state index contributed by atoms with van der Waals surface area (Å²) in [4.78, 5) is 0.